The molecule has 0 radical (unpaired) electrons. The molecular formula is C48H61Cl2F3O8. The van der Waals surface area contributed by atoms with Gasteiger partial charge in [0.1, 0.15) is 64.9 Å². The van der Waals surface area contributed by atoms with Gasteiger partial charge in [0.2, 0.25) is 0 Å². The van der Waals surface area contributed by atoms with E-state index in [2.05, 4.69) is 13.0 Å². The highest BCUT2D eigenvalue weighted by molar-refractivity contribution is 5.85. The Labute approximate surface area is 370 Å². The molecule has 4 heterocycles. The van der Waals surface area contributed by atoms with Crippen molar-refractivity contribution < 1.29 is 52.5 Å². The molecule has 0 aromatic heterocycles. The van der Waals surface area contributed by atoms with E-state index >= 15 is 0 Å². The SMILES string of the molecule is C.Cc1ccc2c(c1)CC[C@@H]([C@@H](O)CCC[C@H](O)[C@H]1CCc3cc(F)ccc3O1)O2.Cl.Cl.O[C@H](CCC[C@@H](O)[C@H]1CCc2cc(F)ccc2O1)[C@@H]1CCc2cc(F)ccc2O1. The average Bonchev–Trinajstić information content (AvgIpc) is 3.22. The van der Waals surface area contributed by atoms with Gasteiger partial charge in [0.25, 0.3) is 0 Å². The second-order valence-corrected chi connectivity index (χ2v) is 16.3. The van der Waals surface area contributed by atoms with Crippen molar-refractivity contribution in [1.82, 2.24) is 0 Å². The third kappa shape index (κ3) is 13.2. The van der Waals surface area contributed by atoms with Crippen molar-refractivity contribution in [2.45, 2.75) is 153 Å². The lowest BCUT2D eigenvalue weighted by atomic mass is 9.93. The number of benzene rings is 4. The maximum atomic E-state index is 13.3. The highest BCUT2D eigenvalue weighted by Crippen LogP contribution is 2.34. The van der Waals surface area contributed by atoms with Crippen LogP contribution in [-0.2, 0) is 25.7 Å². The Morgan fingerprint density at radius 1 is 0.459 bits per heavy atom. The van der Waals surface area contributed by atoms with Crippen molar-refractivity contribution in [3.8, 4) is 23.0 Å². The fourth-order valence-electron chi connectivity index (χ4n) is 8.57. The molecule has 336 valence electrons. The van der Waals surface area contributed by atoms with Gasteiger partial charge in [0, 0.05) is 0 Å². The van der Waals surface area contributed by atoms with E-state index in [1.165, 1.54) is 47.5 Å². The summed E-state index contributed by atoms with van der Waals surface area (Å²) < 4.78 is 63.4. The first-order valence-corrected chi connectivity index (χ1v) is 20.8. The molecule has 0 saturated heterocycles. The minimum absolute atomic E-state index is 0. The Hall–Kier alpha value is -3.71. The second kappa shape index (κ2) is 23.1. The molecule has 13 heteroatoms. The molecule has 0 bridgehead atoms. The van der Waals surface area contributed by atoms with Crippen LogP contribution in [0.5, 0.6) is 23.0 Å². The van der Waals surface area contributed by atoms with E-state index in [0.29, 0.717) is 94.3 Å². The first-order valence-electron chi connectivity index (χ1n) is 20.8. The Bertz CT molecular complexity index is 1720. The van der Waals surface area contributed by atoms with Crippen LogP contribution in [-0.4, -0.2) is 69.3 Å². The van der Waals surface area contributed by atoms with Crippen LogP contribution in [0, 0.1) is 24.4 Å². The maximum absolute atomic E-state index is 13.3. The lowest BCUT2D eigenvalue weighted by Gasteiger charge is -2.31. The van der Waals surface area contributed by atoms with Crippen LogP contribution < -0.4 is 18.9 Å². The average molecular weight is 894 g/mol. The molecule has 4 aromatic carbocycles. The summed E-state index contributed by atoms with van der Waals surface area (Å²) in [5, 5.41) is 42.1. The molecule has 4 aliphatic heterocycles. The minimum Gasteiger partial charge on any atom is -0.487 e. The molecule has 0 aliphatic carbocycles. The zero-order chi connectivity index (χ0) is 40.8. The van der Waals surface area contributed by atoms with E-state index in [9.17, 15) is 33.6 Å². The molecule has 61 heavy (non-hydrogen) atoms. The smallest absolute Gasteiger partial charge is 0.125 e. The van der Waals surface area contributed by atoms with Gasteiger partial charge in [-0.15, -0.1) is 24.8 Å². The summed E-state index contributed by atoms with van der Waals surface area (Å²) in [6.45, 7) is 2.07. The molecule has 4 aliphatic rings. The third-order valence-corrected chi connectivity index (χ3v) is 11.9. The Balaban J connectivity index is 0.000000256. The van der Waals surface area contributed by atoms with Gasteiger partial charge in [0.15, 0.2) is 0 Å². The zero-order valence-electron chi connectivity index (χ0n) is 33.8. The van der Waals surface area contributed by atoms with Crippen LogP contribution in [0.1, 0.15) is 99.5 Å². The largest absolute Gasteiger partial charge is 0.487 e. The van der Waals surface area contributed by atoms with Crippen molar-refractivity contribution in [3.63, 3.8) is 0 Å². The molecule has 0 spiro atoms. The quantitative estimate of drug-likeness (QED) is 0.111. The van der Waals surface area contributed by atoms with E-state index in [-0.39, 0.29) is 74.1 Å². The highest BCUT2D eigenvalue weighted by Gasteiger charge is 2.31. The van der Waals surface area contributed by atoms with E-state index in [1.54, 1.807) is 18.2 Å². The van der Waals surface area contributed by atoms with Crippen LogP contribution in [0.3, 0.4) is 0 Å². The van der Waals surface area contributed by atoms with Gasteiger partial charge in [-0.3, -0.25) is 0 Å². The number of hydrogen-bond donors (Lipinski definition) is 4. The van der Waals surface area contributed by atoms with Crippen molar-refractivity contribution in [2.24, 2.45) is 0 Å². The number of aliphatic hydroxyl groups excluding tert-OH is 4. The Kier molecular flexibility index (Phi) is 18.9. The van der Waals surface area contributed by atoms with Gasteiger partial charge in [-0.2, -0.15) is 0 Å². The van der Waals surface area contributed by atoms with Crippen molar-refractivity contribution in [1.29, 1.82) is 0 Å². The molecule has 4 aromatic rings. The summed E-state index contributed by atoms with van der Waals surface area (Å²) in [7, 11) is 0. The van der Waals surface area contributed by atoms with Gasteiger partial charge < -0.3 is 39.4 Å². The fourth-order valence-corrected chi connectivity index (χ4v) is 8.57. The predicted octanol–water partition coefficient (Wildman–Crippen LogP) is 9.54. The van der Waals surface area contributed by atoms with E-state index in [4.69, 9.17) is 18.9 Å². The normalized spacial score (nSPS) is 21.5. The van der Waals surface area contributed by atoms with Gasteiger partial charge in [-0.25, -0.2) is 13.2 Å². The molecule has 8 atom stereocenters. The minimum atomic E-state index is -0.642. The molecule has 0 amide bonds. The van der Waals surface area contributed by atoms with Gasteiger partial charge in [0.05, 0.1) is 24.4 Å². The molecule has 4 N–H and O–H groups in total. The Morgan fingerprint density at radius 3 is 1.02 bits per heavy atom. The summed E-state index contributed by atoms with van der Waals surface area (Å²) in [6.07, 6.45) is 5.63. The lowest BCUT2D eigenvalue weighted by Crippen LogP contribution is -2.36. The van der Waals surface area contributed by atoms with Crippen LogP contribution in [0.2, 0.25) is 0 Å². The fraction of sp³-hybridized carbons (Fsp3) is 0.500. The summed E-state index contributed by atoms with van der Waals surface area (Å²) in [5.74, 6) is 1.97. The molecular weight excluding hydrogens is 832 g/mol. The van der Waals surface area contributed by atoms with Gasteiger partial charge >= 0.3 is 0 Å². The number of ether oxygens (including phenoxy) is 4. The molecule has 0 unspecified atom stereocenters. The van der Waals surface area contributed by atoms with E-state index in [0.717, 1.165) is 35.3 Å². The number of hydrogen-bond acceptors (Lipinski definition) is 8. The number of aryl methyl sites for hydroxylation is 5. The number of fused-ring (bicyclic) bond motifs is 4. The maximum Gasteiger partial charge on any atom is 0.125 e. The summed E-state index contributed by atoms with van der Waals surface area (Å²) in [6, 6.07) is 19.6. The standard InChI is InChI=1S/C24H29FO4.C23H26F2O4.CH4.2ClH/c1-15-5-9-21-16(13-15)6-10-23(28-21)19(26)3-2-4-20(27)24-11-7-17-14-18(25)8-12-22(17)29-24;24-16-6-10-20-14(12-16)4-8-22(28-20)18(26)2-1-3-19(27)23-9-5-15-13-17(25)7-11-21(15)29-23;;;/h5,8-9,12-14,19-20,23-24,26-27H,2-4,6-7,10-11H2,1H3;6-7,10-13,18-19,22-23,26-27H,1-5,8-9H2;1H4;2*1H/t19-,20-,23-,24+;18-,19-,22-,23+;;;/m01.../s1. The molecule has 0 saturated carbocycles. The van der Waals surface area contributed by atoms with Crippen molar-refractivity contribution in [2.75, 3.05) is 0 Å². The lowest BCUT2D eigenvalue weighted by molar-refractivity contribution is 0.00129. The van der Waals surface area contributed by atoms with Crippen LogP contribution >= 0.6 is 24.8 Å². The molecule has 8 nitrogen and oxygen atoms in total. The number of aliphatic hydroxyl groups is 4. The third-order valence-electron chi connectivity index (χ3n) is 11.9. The van der Waals surface area contributed by atoms with Gasteiger partial charge in [-0.1, -0.05) is 25.1 Å². The number of halogens is 5. The Morgan fingerprint density at radius 2 is 0.721 bits per heavy atom. The summed E-state index contributed by atoms with van der Waals surface area (Å²) in [5.41, 5.74) is 4.95. The van der Waals surface area contributed by atoms with Crippen molar-refractivity contribution in [3.05, 3.63) is 118 Å². The topological polar surface area (TPSA) is 118 Å². The predicted molar refractivity (Wildman–Crippen MR) is 234 cm³/mol. The first kappa shape index (κ1) is 49.9. The monoisotopic (exact) mass is 892 g/mol. The highest BCUT2D eigenvalue weighted by atomic mass is 35.5. The van der Waals surface area contributed by atoms with Crippen LogP contribution in [0.15, 0.2) is 72.8 Å². The van der Waals surface area contributed by atoms with Crippen molar-refractivity contribution >= 4 is 24.8 Å². The zero-order valence-corrected chi connectivity index (χ0v) is 35.5. The van der Waals surface area contributed by atoms with Crippen LogP contribution in [0.25, 0.3) is 0 Å². The van der Waals surface area contributed by atoms with E-state index < -0.39 is 24.4 Å². The summed E-state index contributed by atoms with van der Waals surface area (Å²) in [4.78, 5) is 0. The molecule has 8 rings (SSSR count). The molecule has 0 fully saturated rings. The second-order valence-electron chi connectivity index (χ2n) is 16.3. The summed E-state index contributed by atoms with van der Waals surface area (Å²) >= 11 is 0. The first-order chi connectivity index (χ1) is 28.0. The number of rotatable bonds is 12. The van der Waals surface area contributed by atoms with E-state index in [1.807, 2.05) is 12.1 Å². The van der Waals surface area contributed by atoms with Crippen LogP contribution in [0.4, 0.5) is 13.2 Å². The van der Waals surface area contributed by atoms with Gasteiger partial charge in [-0.05, 0) is 180 Å².